The van der Waals surface area contributed by atoms with Gasteiger partial charge in [0.2, 0.25) is 5.78 Å². The van der Waals surface area contributed by atoms with Crippen LogP contribution in [0.15, 0.2) is 34.6 Å². The number of carbonyl (C=O) groups is 3. The number of hydrogen-bond acceptors (Lipinski definition) is 7. The molecular weight excluding hydrogens is 566 g/mol. The van der Waals surface area contributed by atoms with Gasteiger partial charge < -0.3 is 5.11 Å². The number of carbonyl (C=O) groups excluding carboxylic acids is 2. The minimum atomic E-state index is -4.97. The van der Waals surface area contributed by atoms with Gasteiger partial charge in [0, 0.05) is 17.8 Å². The standard InChI is InChI=1S/C22H16F6N2O4S3/c23-21(24,25)13-5-11(6-14(8-13)22(26,27)28)12-7-15(36-10-12)9-17-18(32)30(20(35)37-17)29-4-2-1-3-16(31)19(33)34/h5-10,29H,1-4H2,(H,33,34)/b17-9-. The Labute approximate surface area is 219 Å². The van der Waals surface area contributed by atoms with E-state index in [4.69, 9.17) is 17.3 Å². The Kier molecular flexibility index (Phi) is 8.82. The number of hydrazine groups is 1. The molecule has 1 aliphatic rings. The van der Waals surface area contributed by atoms with Crippen molar-refractivity contribution in [3.63, 3.8) is 0 Å². The van der Waals surface area contributed by atoms with Gasteiger partial charge >= 0.3 is 18.3 Å². The molecule has 0 spiro atoms. The predicted octanol–water partition coefficient (Wildman–Crippen LogP) is 5.98. The van der Waals surface area contributed by atoms with Crippen LogP contribution in [0.1, 0.15) is 35.3 Å². The number of Topliss-reactive ketones (excluding diaryl/α,β-unsaturated/α-hetero) is 1. The number of carboxylic acid groups (broad SMARTS) is 1. The maximum Gasteiger partial charge on any atom is 0.416 e. The molecule has 0 saturated carbocycles. The van der Waals surface area contributed by atoms with Gasteiger partial charge in [-0.05, 0) is 59.7 Å². The van der Waals surface area contributed by atoms with E-state index < -0.39 is 41.1 Å². The largest absolute Gasteiger partial charge is 0.476 e. The molecule has 0 bridgehead atoms. The Balaban J connectivity index is 1.72. The Morgan fingerprint density at radius 3 is 2.19 bits per heavy atom. The summed E-state index contributed by atoms with van der Waals surface area (Å²) < 4.78 is 79.2. The molecule has 6 nitrogen and oxygen atoms in total. The third-order valence-electron chi connectivity index (χ3n) is 4.95. The van der Waals surface area contributed by atoms with Crippen molar-refractivity contribution in [3.05, 3.63) is 50.6 Å². The zero-order valence-corrected chi connectivity index (χ0v) is 20.9. The molecular formula is C22H16F6N2O4S3. The van der Waals surface area contributed by atoms with Crippen LogP contribution in [0.25, 0.3) is 17.2 Å². The minimum absolute atomic E-state index is 0.0547. The van der Waals surface area contributed by atoms with Crippen LogP contribution in [-0.4, -0.2) is 38.6 Å². The number of thiophene rings is 1. The summed E-state index contributed by atoms with van der Waals surface area (Å²) >= 11 is 7.14. The molecule has 3 rings (SSSR count). The van der Waals surface area contributed by atoms with Crippen molar-refractivity contribution >= 4 is 63.4 Å². The Morgan fingerprint density at radius 1 is 1.00 bits per heavy atom. The smallest absolute Gasteiger partial charge is 0.416 e. The molecule has 1 aromatic heterocycles. The zero-order valence-electron chi connectivity index (χ0n) is 18.4. The van der Waals surface area contributed by atoms with Crippen molar-refractivity contribution in [2.24, 2.45) is 0 Å². The number of hydrogen-bond donors (Lipinski definition) is 2. The summed E-state index contributed by atoms with van der Waals surface area (Å²) in [6.45, 7) is 0.229. The van der Waals surface area contributed by atoms with Crippen molar-refractivity contribution in [1.82, 2.24) is 10.4 Å². The number of aliphatic carboxylic acids is 1. The maximum absolute atomic E-state index is 13.2. The van der Waals surface area contributed by atoms with Crippen LogP contribution < -0.4 is 5.43 Å². The third kappa shape index (κ3) is 7.40. The first-order chi connectivity index (χ1) is 17.2. The van der Waals surface area contributed by atoms with Crippen LogP contribution in [0.4, 0.5) is 26.3 Å². The fraction of sp³-hybridized carbons (Fsp3) is 0.273. The number of ketones is 1. The van der Waals surface area contributed by atoms with E-state index in [1.54, 1.807) is 0 Å². The predicted molar refractivity (Wildman–Crippen MR) is 129 cm³/mol. The van der Waals surface area contributed by atoms with Crippen molar-refractivity contribution < 1.29 is 45.8 Å². The third-order valence-corrected chi connectivity index (χ3v) is 7.13. The highest BCUT2D eigenvalue weighted by Crippen LogP contribution is 2.40. The summed E-state index contributed by atoms with van der Waals surface area (Å²) in [4.78, 5) is 34.9. The van der Waals surface area contributed by atoms with Crippen LogP contribution in [-0.2, 0) is 26.7 Å². The topological polar surface area (TPSA) is 86.7 Å². The maximum atomic E-state index is 13.2. The van der Waals surface area contributed by atoms with Crippen LogP contribution >= 0.6 is 35.3 Å². The van der Waals surface area contributed by atoms with Gasteiger partial charge in [-0.1, -0.05) is 24.0 Å². The van der Waals surface area contributed by atoms with Crippen molar-refractivity contribution in [1.29, 1.82) is 0 Å². The molecule has 2 N–H and O–H groups in total. The molecule has 1 aliphatic heterocycles. The molecule has 0 aliphatic carbocycles. The number of nitrogens with zero attached hydrogens (tertiary/aromatic N) is 1. The Bertz CT molecular complexity index is 1240. The summed E-state index contributed by atoms with van der Waals surface area (Å²) in [5.74, 6) is -2.94. The highest BCUT2D eigenvalue weighted by Gasteiger charge is 2.37. The van der Waals surface area contributed by atoms with Crippen molar-refractivity contribution in [3.8, 4) is 11.1 Å². The molecule has 2 aromatic rings. The van der Waals surface area contributed by atoms with Gasteiger partial charge in [0.05, 0.1) is 16.0 Å². The van der Waals surface area contributed by atoms with Gasteiger partial charge in [0.25, 0.3) is 5.91 Å². The van der Waals surface area contributed by atoms with Crippen LogP contribution in [0, 0.1) is 0 Å². The SMILES string of the molecule is O=C(O)C(=O)CCCCNN1C(=O)/C(=C/c2cc(-c3cc(C(F)(F)F)cc(C(F)(F)F)c3)cs2)SC1=S. The molecule has 1 amide bonds. The number of carboxylic acids is 1. The number of halogens is 6. The van der Waals surface area contributed by atoms with E-state index in [2.05, 4.69) is 5.43 Å². The van der Waals surface area contributed by atoms with Gasteiger partial charge in [-0.25, -0.2) is 15.2 Å². The van der Waals surface area contributed by atoms with Gasteiger partial charge in [0.15, 0.2) is 4.32 Å². The van der Waals surface area contributed by atoms with E-state index >= 15 is 0 Å². The van der Waals surface area contributed by atoms with Gasteiger partial charge in [-0.3, -0.25) is 9.59 Å². The number of unbranched alkanes of at least 4 members (excludes halogenated alkanes) is 1. The Morgan fingerprint density at radius 2 is 1.62 bits per heavy atom. The van der Waals surface area contributed by atoms with Crippen molar-refractivity contribution in [2.45, 2.75) is 31.6 Å². The second-order valence-electron chi connectivity index (χ2n) is 7.64. The lowest BCUT2D eigenvalue weighted by molar-refractivity contribution is -0.149. The second-order valence-corrected chi connectivity index (χ2v) is 10.3. The molecule has 37 heavy (non-hydrogen) atoms. The second kappa shape index (κ2) is 11.3. The van der Waals surface area contributed by atoms with E-state index in [0.29, 0.717) is 23.4 Å². The summed E-state index contributed by atoms with van der Waals surface area (Å²) in [7, 11) is 0. The van der Waals surface area contributed by atoms with E-state index in [0.717, 1.165) is 28.1 Å². The van der Waals surface area contributed by atoms with Crippen molar-refractivity contribution in [2.75, 3.05) is 6.54 Å². The fourth-order valence-electron chi connectivity index (χ4n) is 3.14. The molecule has 1 fully saturated rings. The molecule has 0 radical (unpaired) electrons. The quantitative estimate of drug-likeness (QED) is 0.124. The molecule has 15 heteroatoms. The van der Waals surface area contributed by atoms with E-state index in [1.165, 1.54) is 17.5 Å². The lowest BCUT2D eigenvalue weighted by atomic mass is 10.0. The number of alkyl halides is 6. The lowest BCUT2D eigenvalue weighted by Gasteiger charge is -2.15. The summed E-state index contributed by atoms with van der Waals surface area (Å²) in [5.41, 5.74) is -0.216. The number of thiocarbonyl (C=S) groups is 1. The summed E-state index contributed by atoms with van der Waals surface area (Å²) in [6, 6.07) is 2.70. The molecule has 1 aromatic carbocycles. The minimum Gasteiger partial charge on any atom is -0.476 e. The van der Waals surface area contributed by atoms with E-state index in [9.17, 15) is 40.7 Å². The first-order valence-corrected chi connectivity index (χ1v) is 12.4. The fourth-order valence-corrected chi connectivity index (χ4v) is 5.27. The van der Waals surface area contributed by atoms with Gasteiger partial charge in [-0.15, -0.1) is 11.3 Å². The number of nitrogens with one attached hydrogen (secondary N) is 1. The lowest BCUT2D eigenvalue weighted by Crippen LogP contribution is -2.41. The molecule has 1 saturated heterocycles. The van der Waals surface area contributed by atoms with Gasteiger partial charge in [-0.2, -0.15) is 26.3 Å². The molecule has 198 valence electrons. The number of benzene rings is 1. The molecule has 0 unspecified atom stereocenters. The van der Waals surface area contributed by atoms with Crippen LogP contribution in [0.5, 0.6) is 0 Å². The van der Waals surface area contributed by atoms with E-state index in [1.807, 2.05) is 0 Å². The zero-order chi connectivity index (χ0) is 27.5. The van der Waals surface area contributed by atoms with Crippen LogP contribution in [0.3, 0.4) is 0 Å². The normalized spacial score (nSPS) is 15.6. The van der Waals surface area contributed by atoms with Gasteiger partial charge in [0.1, 0.15) is 0 Å². The van der Waals surface area contributed by atoms with Crippen LogP contribution in [0.2, 0.25) is 0 Å². The van der Waals surface area contributed by atoms with E-state index in [-0.39, 0.29) is 45.8 Å². The molecule has 0 atom stereocenters. The first kappa shape index (κ1) is 28.8. The highest BCUT2D eigenvalue weighted by atomic mass is 32.2. The monoisotopic (exact) mass is 582 g/mol. The first-order valence-electron chi connectivity index (χ1n) is 10.3. The average molecular weight is 583 g/mol. The Hall–Kier alpha value is -2.75. The number of rotatable bonds is 9. The summed E-state index contributed by atoms with van der Waals surface area (Å²) in [6.07, 6.45) is -7.98. The average Bonchev–Trinajstić information content (AvgIpc) is 3.37. The number of thioether (sulfide) groups is 1. The molecule has 2 heterocycles. The highest BCUT2D eigenvalue weighted by molar-refractivity contribution is 8.26. The number of amides is 1. The summed E-state index contributed by atoms with van der Waals surface area (Å²) in [5, 5.41) is 11.0.